The number of fused-ring (bicyclic) bond motifs is 1. The van der Waals surface area contributed by atoms with Gasteiger partial charge in [-0.15, -0.1) is 0 Å². The lowest BCUT2D eigenvalue weighted by atomic mass is 10.2. The monoisotopic (exact) mass is 396 g/mol. The van der Waals surface area contributed by atoms with Gasteiger partial charge in [-0.05, 0) is 30.3 Å². The number of aromatic nitrogens is 3. The number of carbonyl (C=O) groups is 1. The maximum atomic E-state index is 13.2. The number of carbonyl (C=O) groups excluding carboxylic acids is 1. The van der Waals surface area contributed by atoms with Gasteiger partial charge in [-0.3, -0.25) is 18.7 Å². The van der Waals surface area contributed by atoms with Gasteiger partial charge >= 0.3 is 11.9 Å². The van der Waals surface area contributed by atoms with E-state index in [1.54, 1.807) is 0 Å². The van der Waals surface area contributed by atoms with Crippen LogP contribution in [0.1, 0.15) is 5.69 Å². The molecule has 1 amide bonds. The molecular weight excluding hydrogens is 384 g/mol. The molecular formula is C17H12F4N4O3. The van der Waals surface area contributed by atoms with Crippen LogP contribution in [-0.2, 0) is 24.6 Å². The van der Waals surface area contributed by atoms with E-state index in [0.29, 0.717) is 10.6 Å². The highest BCUT2D eigenvalue weighted by Crippen LogP contribution is 2.28. The number of benzene rings is 1. The van der Waals surface area contributed by atoms with Crippen molar-refractivity contribution >= 4 is 22.6 Å². The Kier molecular flexibility index (Phi) is 4.75. The third-order valence-electron chi connectivity index (χ3n) is 3.89. The van der Waals surface area contributed by atoms with E-state index in [-0.39, 0.29) is 11.1 Å². The van der Waals surface area contributed by atoms with Gasteiger partial charge in [0.15, 0.2) is 0 Å². The molecule has 0 spiro atoms. The highest BCUT2D eigenvalue weighted by molar-refractivity contribution is 5.90. The normalized spacial score (nSPS) is 11.6. The van der Waals surface area contributed by atoms with Crippen LogP contribution in [0.5, 0.6) is 0 Å². The van der Waals surface area contributed by atoms with Gasteiger partial charge in [0.25, 0.3) is 5.56 Å². The lowest BCUT2D eigenvalue weighted by Gasteiger charge is -2.12. The quantitative estimate of drug-likeness (QED) is 0.686. The van der Waals surface area contributed by atoms with Gasteiger partial charge in [-0.25, -0.2) is 14.2 Å². The fraction of sp³-hybridized carbons (Fsp3) is 0.176. The van der Waals surface area contributed by atoms with Gasteiger partial charge in [-0.2, -0.15) is 13.2 Å². The van der Waals surface area contributed by atoms with Gasteiger partial charge in [-0.1, -0.05) is 6.07 Å². The van der Waals surface area contributed by atoms with E-state index in [9.17, 15) is 31.9 Å². The summed E-state index contributed by atoms with van der Waals surface area (Å²) < 4.78 is 52.9. The van der Waals surface area contributed by atoms with Crippen molar-refractivity contribution < 1.29 is 22.4 Å². The van der Waals surface area contributed by atoms with Gasteiger partial charge in [0.1, 0.15) is 23.7 Å². The van der Waals surface area contributed by atoms with Crippen molar-refractivity contribution in [3.05, 3.63) is 68.7 Å². The second-order valence-electron chi connectivity index (χ2n) is 5.86. The molecule has 28 heavy (non-hydrogen) atoms. The third kappa shape index (κ3) is 3.63. The number of rotatable bonds is 3. The van der Waals surface area contributed by atoms with Crippen LogP contribution in [0.4, 0.5) is 23.2 Å². The van der Waals surface area contributed by atoms with Crippen LogP contribution in [0.2, 0.25) is 0 Å². The van der Waals surface area contributed by atoms with Gasteiger partial charge < -0.3 is 5.32 Å². The number of hydrogen-bond donors (Lipinski definition) is 1. The second kappa shape index (κ2) is 6.91. The summed E-state index contributed by atoms with van der Waals surface area (Å²) in [6, 6.07) is 6.49. The Morgan fingerprint density at radius 1 is 1.18 bits per heavy atom. The van der Waals surface area contributed by atoms with E-state index in [1.807, 2.05) is 0 Å². The predicted octanol–water partition coefficient (Wildman–Crippen LogP) is 1.89. The minimum atomic E-state index is -4.75. The zero-order valence-corrected chi connectivity index (χ0v) is 14.2. The van der Waals surface area contributed by atoms with Gasteiger partial charge in [0.05, 0.1) is 5.39 Å². The first-order valence-electron chi connectivity index (χ1n) is 7.81. The molecule has 0 fully saturated rings. The predicted molar refractivity (Wildman–Crippen MR) is 91.3 cm³/mol. The molecule has 0 bridgehead atoms. The van der Waals surface area contributed by atoms with Crippen LogP contribution < -0.4 is 16.6 Å². The van der Waals surface area contributed by atoms with E-state index in [1.165, 1.54) is 18.2 Å². The molecule has 1 aromatic carbocycles. The van der Waals surface area contributed by atoms with Crippen molar-refractivity contribution in [2.24, 2.45) is 7.05 Å². The largest absolute Gasteiger partial charge is 0.433 e. The van der Waals surface area contributed by atoms with E-state index < -0.39 is 47.0 Å². The third-order valence-corrected chi connectivity index (χ3v) is 3.89. The Morgan fingerprint density at radius 2 is 1.89 bits per heavy atom. The van der Waals surface area contributed by atoms with Crippen molar-refractivity contribution in [2.45, 2.75) is 12.7 Å². The molecule has 0 unspecified atom stereocenters. The minimum absolute atomic E-state index is 0.118. The number of alkyl halides is 3. The number of aryl methyl sites for hydroxylation is 1. The molecule has 0 atom stereocenters. The van der Waals surface area contributed by atoms with Crippen LogP contribution in [0.15, 0.2) is 46.0 Å². The van der Waals surface area contributed by atoms with Crippen LogP contribution in [0.25, 0.3) is 11.0 Å². The summed E-state index contributed by atoms with van der Waals surface area (Å²) in [6.45, 7) is -0.709. The van der Waals surface area contributed by atoms with Gasteiger partial charge in [0.2, 0.25) is 5.91 Å². The molecule has 0 saturated heterocycles. The average Bonchev–Trinajstić information content (AvgIpc) is 2.62. The summed E-state index contributed by atoms with van der Waals surface area (Å²) in [5.74, 6) is -1.38. The first-order valence-corrected chi connectivity index (χ1v) is 7.81. The Bertz CT molecular complexity index is 1200. The summed E-state index contributed by atoms with van der Waals surface area (Å²) in [7, 11) is 1.14. The molecule has 2 aromatic heterocycles. The molecule has 0 aliphatic heterocycles. The maximum absolute atomic E-state index is 13.2. The van der Waals surface area contributed by atoms with Crippen molar-refractivity contribution in [1.82, 2.24) is 14.1 Å². The van der Waals surface area contributed by atoms with Crippen molar-refractivity contribution in [1.29, 1.82) is 0 Å². The smallest absolute Gasteiger partial charge is 0.324 e. The molecule has 0 aliphatic rings. The highest BCUT2D eigenvalue weighted by Gasteiger charge is 2.33. The SMILES string of the molecule is Cn1c(=O)n(CC(=O)Nc2cccc(F)c2)c(=O)c2ccc(C(F)(F)F)nc21. The van der Waals surface area contributed by atoms with Gasteiger partial charge in [0, 0.05) is 12.7 Å². The van der Waals surface area contributed by atoms with Crippen LogP contribution in [0, 0.1) is 5.82 Å². The zero-order valence-electron chi connectivity index (χ0n) is 14.2. The number of amides is 1. The molecule has 0 aliphatic carbocycles. The summed E-state index contributed by atoms with van der Waals surface area (Å²) in [4.78, 5) is 40.3. The van der Waals surface area contributed by atoms with Crippen molar-refractivity contribution in [3.8, 4) is 0 Å². The van der Waals surface area contributed by atoms with Crippen LogP contribution in [0.3, 0.4) is 0 Å². The molecule has 2 heterocycles. The lowest BCUT2D eigenvalue weighted by Crippen LogP contribution is -2.42. The van der Waals surface area contributed by atoms with E-state index in [4.69, 9.17) is 0 Å². The van der Waals surface area contributed by atoms with E-state index >= 15 is 0 Å². The Morgan fingerprint density at radius 3 is 2.54 bits per heavy atom. The topological polar surface area (TPSA) is 86.0 Å². The molecule has 3 rings (SSSR count). The standard InChI is InChI=1S/C17H12F4N4O3/c1-24-14-11(5-6-12(23-14)17(19,20)21)15(27)25(16(24)28)8-13(26)22-10-4-2-3-9(18)7-10/h2-7H,8H2,1H3,(H,22,26). The highest BCUT2D eigenvalue weighted by atomic mass is 19.4. The molecule has 1 N–H and O–H groups in total. The first-order chi connectivity index (χ1) is 13.1. The van der Waals surface area contributed by atoms with E-state index in [0.717, 1.165) is 23.7 Å². The molecule has 7 nitrogen and oxygen atoms in total. The minimum Gasteiger partial charge on any atom is -0.324 e. The van der Waals surface area contributed by atoms with Crippen LogP contribution in [-0.4, -0.2) is 20.0 Å². The Balaban J connectivity index is 2.01. The van der Waals surface area contributed by atoms with Crippen LogP contribution >= 0.6 is 0 Å². The fourth-order valence-corrected chi connectivity index (χ4v) is 2.58. The second-order valence-corrected chi connectivity index (χ2v) is 5.86. The summed E-state index contributed by atoms with van der Waals surface area (Å²) in [5, 5.41) is 2.08. The number of anilines is 1. The Hall–Kier alpha value is -3.50. The number of nitrogens with zero attached hydrogens (tertiary/aromatic N) is 3. The number of nitrogens with one attached hydrogen (secondary N) is 1. The molecule has 11 heteroatoms. The van der Waals surface area contributed by atoms with E-state index in [2.05, 4.69) is 10.3 Å². The molecule has 0 radical (unpaired) electrons. The number of halogens is 4. The molecule has 3 aromatic rings. The van der Waals surface area contributed by atoms with Crippen molar-refractivity contribution in [2.75, 3.05) is 5.32 Å². The number of pyridine rings is 1. The number of hydrogen-bond acceptors (Lipinski definition) is 4. The Labute approximate surface area is 153 Å². The summed E-state index contributed by atoms with van der Waals surface area (Å²) in [6.07, 6.45) is -4.75. The van der Waals surface area contributed by atoms with Crippen molar-refractivity contribution in [3.63, 3.8) is 0 Å². The molecule has 146 valence electrons. The zero-order chi connectivity index (χ0) is 20.6. The fourth-order valence-electron chi connectivity index (χ4n) is 2.58. The summed E-state index contributed by atoms with van der Waals surface area (Å²) >= 11 is 0. The maximum Gasteiger partial charge on any atom is 0.433 e. The molecule has 0 saturated carbocycles. The first kappa shape index (κ1) is 19.3. The average molecular weight is 396 g/mol. The lowest BCUT2D eigenvalue weighted by molar-refractivity contribution is -0.141. The summed E-state index contributed by atoms with van der Waals surface area (Å²) in [5.41, 5.74) is -3.57.